The van der Waals surface area contributed by atoms with E-state index in [2.05, 4.69) is 4.98 Å². The summed E-state index contributed by atoms with van der Waals surface area (Å²) in [5.41, 5.74) is 6.28. The molecule has 0 saturated carbocycles. The average molecular weight is 221 g/mol. The molecule has 4 heteroatoms. The van der Waals surface area contributed by atoms with Gasteiger partial charge in [0, 0.05) is 13.0 Å². The van der Waals surface area contributed by atoms with E-state index in [9.17, 15) is 4.79 Å². The number of nitrogen functional groups attached to an aromatic ring is 1. The van der Waals surface area contributed by atoms with E-state index in [4.69, 9.17) is 5.73 Å². The van der Waals surface area contributed by atoms with E-state index in [1.165, 1.54) is 0 Å². The summed E-state index contributed by atoms with van der Waals surface area (Å²) >= 11 is 0. The van der Waals surface area contributed by atoms with Crippen LogP contribution in [-0.4, -0.2) is 17.9 Å². The molecule has 4 nitrogen and oxygen atoms in total. The molecule has 1 amide bonds. The first-order valence-corrected chi connectivity index (χ1v) is 5.59. The lowest BCUT2D eigenvalue weighted by Crippen LogP contribution is -2.32. The first kappa shape index (κ1) is 12.5. The van der Waals surface area contributed by atoms with Crippen LogP contribution < -0.4 is 10.6 Å². The maximum atomic E-state index is 12.1. The molecular formula is C12H19N3O. The van der Waals surface area contributed by atoms with Gasteiger partial charge in [0.1, 0.15) is 5.82 Å². The van der Waals surface area contributed by atoms with Crippen molar-refractivity contribution in [3.8, 4) is 0 Å². The summed E-state index contributed by atoms with van der Waals surface area (Å²) in [6.45, 7) is 4.06. The number of carbonyl (C=O) groups is 1. The van der Waals surface area contributed by atoms with Gasteiger partial charge in [-0.05, 0) is 25.0 Å². The number of anilines is 2. The molecule has 0 unspecified atom stereocenters. The smallest absolute Gasteiger partial charge is 0.229 e. The number of aromatic nitrogens is 1. The van der Waals surface area contributed by atoms with Crippen molar-refractivity contribution in [1.82, 2.24) is 4.98 Å². The summed E-state index contributed by atoms with van der Waals surface area (Å²) in [5.74, 6) is 0.686. The molecule has 0 bridgehead atoms. The van der Waals surface area contributed by atoms with Crippen molar-refractivity contribution >= 4 is 17.4 Å². The summed E-state index contributed by atoms with van der Waals surface area (Å²) in [7, 11) is 1.77. The Labute approximate surface area is 96.5 Å². The molecule has 1 aromatic heterocycles. The third kappa shape index (κ3) is 2.72. The van der Waals surface area contributed by atoms with Crippen molar-refractivity contribution in [3.05, 3.63) is 18.3 Å². The van der Waals surface area contributed by atoms with Crippen LogP contribution in [0.3, 0.4) is 0 Å². The molecule has 0 saturated heterocycles. The fraction of sp³-hybridized carbons (Fsp3) is 0.500. The van der Waals surface area contributed by atoms with E-state index in [0.717, 1.165) is 18.5 Å². The van der Waals surface area contributed by atoms with Gasteiger partial charge in [0.15, 0.2) is 0 Å². The highest BCUT2D eigenvalue weighted by atomic mass is 16.2. The Balaban J connectivity index is 2.81. The van der Waals surface area contributed by atoms with Crippen molar-refractivity contribution in [2.24, 2.45) is 5.92 Å². The summed E-state index contributed by atoms with van der Waals surface area (Å²) < 4.78 is 0. The Bertz CT molecular complexity index is 344. The summed E-state index contributed by atoms with van der Waals surface area (Å²) in [5, 5.41) is 0. The van der Waals surface area contributed by atoms with Crippen LogP contribution >= 0.6 is 0 Å². The lowest BCUT2D eigenvalue weighted by Gasteiger charge is -2.22. The Hall–Kier alpha value is -1.58. The van der Waals surface area contributed by atoms with Crippen LogP contribution in [0.2, 0.25) is 0 Å². The van der Waals surface area contributed by atoms with Crippen molar-refractivity contribution in [2.45, 2.75) is 26.7 Å². The maximum Gasteiger partial charge on any atom is 0.229 e. The van der Waals surface area contributed by atoms with Gasteiger partial charge in [-0.25, -0.2) is 4.98 Å². The first-order chi connectivity index (χ1) is 7.60. The highest BCUT2D eigenvalue weighted by Gasteiger charge is 2.19. The molecule has 0 aliphatic rings. The predicted molar refractivity (Wildman–Crippen MR) is 66.1 cm³/mol. The fourth-order valence-electron chi connectivity index (χ4n) is 1.63. The zero-order valence-electron chi connectivity index (χ0n) is 10.1. The van der Waals surface area contributed by atoms with Crippen molar-refractivity contribution < 1.29 is 4.79 Å². The zero-order chi connectivity index (χ0) is 12.1. The molecule has 0 aliphatic heterocycles. The average Bonchev–Trinajstić information content (AvgIpc) is 2.30. The van der Waals surface area contributed by atoms with Gasteiger partial charge in [-0.15, -0.1) is 0 Å². The maximum absolute atomic E-state index is 12.1. The molecule has 1 rings (SSSR count). The number of carbonyl (C=O) groups excluding carboxylic acids is 1. The van der Waals surface area contributed by atoms with Crippen LogP contribution in [0.4, 0.5) is 11.5 Å². The number of hydrogen-bond acceptors (Lipinski definition) is 3. The van der Waals surface area contributed by atoms with Crippen LogP contribution in [0.15, 0.2) is 18.3 Å². The predicted octanol–water partition coefficient (Wildman–Crippen LogP) is 2.06. The molecule has 0 radical (unpaired) electrons. The van der Waals surface area contributed by atoms with Gasteiger partial charge in [0.25, 0.3) is 0 Å². The van der Waals surface area contributed by atoms with E-state index in [-0.39, 0.29) is 11.8 Å². The third-order valence-corrected chi connectivity index (χ3v) is 2.82. The van der Waals surface area contributed by atoms with Crippen molar-refractivity contribution in [3.63, 3.8) is 0 Å². The second kappa shape index (κ2) is 5.49. The zero-order valence-corrected chi connectivity index (χ0v) is 10.1. The lowest BCUT2D eigenvalue weighted by molar-refractivity contribution is -0.122. The van der Waals surface area contributed by atoms with Crippen LogP contribution in [0.25, 0.3) is 0 Å². The highest BCUT2D eigenvalue weighted by molar-refractivity contribution is 5.94. The number of nitrogens with two attached hydrogens (primary N) is 1. The molecule has 2 N–H and O–H groups in total. The Morgan fingerprint density at radius 2 is 2.06 bits per heavy atom. The van der Waals surface area contributed by atoms with Crippen LogP contribution in [0, 0.1) is 5.92 Å². The van der Waals surface area contributed by atoms with E-state index in [1.54, 1.807) is 24.2 Å². The molecule has 0 atom stereocenters. The second-order valence-electron chi connectivity index (χ2n) is 3.85. The molecular weight excluding hydrogens is 202 g/mol. The van der Waals surface area contributed by atoms with E-state index in [0.29, 0.717) is 5.82 Å². The summed E-state index contributed by atoms with van der Waals surface area (Å²) in [6, 6.07) is 3.51. The standard InChI is InChI=1S/C12H19N3O/c1-4-9(5-2)12(16)15(3)10-6-7-11(13)14-8-10/h6-9H,4-5H2,1-3H3,(H2,13,14). The minimum Gasteiger partial charge on any atom is -0.384 e. The minimum atomic E-state index is 0.0857. The molecule has 0 aliphatic carbocycles. The van der Waals surface area contributed by atoms with Crippen molar-refractivity contribution in [1.29, 1.82) is 0 Å². The number of amides is 1. The van der Waals surface area contributed by atoms with Crippen molar-refractivity contribution in [2.75, 3.05) is 17.7 Å². The molecule has 16 heavy (non-hydrogen) atoms. The Morgan fingerprint density at radius 3 is 2.50 bits per heavy atom. The molecule has 0 spiro atoms. The second-order valence-corrected chi connectivity index (χ2v) is 3.85. The van der Waals surface area contributed by atoms with Gasteiger partial charge in [-0.2, -0.15) is 0 Å². The molecule has 1 heterocycles. The summed E-state index contributed by atoms with van der Waals surface area (Å²) in [4.78, 5) is 17.7. The largest absolute Gasteiger partial charge is 0.384 e. The number of nitrogens with zero attached hydrogens (tertiary/aromatic N) is 2. The third-order valence-electron chi connectivity index (χ3n) is 2.82. The Kier molecular flexibility index (Phi) is 4.28. The first-order valence-electron chi connectivity index (χ1n) is 5.59. The number of pyridine rings is 1. The normalized spacial score (nSPS) is 10.5. The highest BCUT2D eigenvalue weighted by Crippen LogP contribution is 2.18. The van der Waals surface area contributed by atoms with Crippen LogP contribution in [0.1, 0.15) is 26.7 Å². The number of rotatable bonds is 4. The molecule has 88 valence electrons. The molecule has 0 fully saturated rings. The van der Waals surface area contributed by atoms with E-state index >= 15 is 0 Å². The monoisotopic (exact) mass is 221 g/mol. The molecule has 1 aromatic rings. The van der Waals surface area contributed by atoms with Gasteiger partial charge in [-0.3, -0.25) is 4.79 Å². The van der Waals surface area contributed by atoms with Gasteiger partial charge in [0.05, 0.1) is 11.9 Å². The van der Waals surface area contributed by atoms with Crippen LogP contribution in [-0.2, 0) is 4.79 Å². The van der Waals surface area contributed by atoms with Gasteiger partial charge in [-0.1, -0.05) is 13.8 Å². The Morgan fingerprint density at radius 1 is 1.44 bits per heavy atom. The van der Waals surface area contributed by atoms with Gasteiger partial charge in [0.2, 0.25) is 5.91 Å². The molecule has 0 aromatic carbocycles. The SMILES string of the molecule is CCC(CC)C(=O)N(C)c1ccc(N)nc1. The summed E-state index contributed by atoms with van der Waals surface area (Å²) in [6.07, 6.45) is 3.35. The van der Waals surface area contributed by atoms with Gasteiger partial charge < -0.3 is 10.6 Å². The minimum absolute atomic E-state index is 0.0857. The fourth-order valence-corrected chi connectivity index (χ4v) is 1.63. The van der Waals surface area contributed by atoms with Gasteiger partial charge >= 0.3 is 0 Å². The lowest BCUT2D eigenvalue weighted by atomic mass is 10.0. The van der Waals surface area contributed by atoms with E-state index < -0.39 is 0 Å². The topological polar surface area (TPSA) is 59.2 Å². The van der Waals surface area contributed by atoms with Crippen LogP contribution in [0.5, 0.6) is 0 Å². The quantitative estimate of drug-likeness (QED) is 0.846. The van der Waals surface area contributed by atoms with E-state index in [1.807, 2.05) is 19.9 Å². The number of hydrogen-bond donors (Lipinski definition) is 1.